The highest BCUT2D eigenvalue weighted by Crippen LogP contribution is 2.37. The van der Waals surface area contributed by atoms with Crippen molar-refractivity contribution in [3.63, 3.8) is 0 Å². The molecule has 80 valence electrons. The van der Waals surface area contributed by atoms with Crippen molar-refractivity contribution in [3.05, 3.63) is 18.0 Å². The Kier molecular flexibility index (Phi) is 2.28. The summed E-state index contributed by atoms with van der Waals surface area (Å²) in [5.74, 6) is -0.837. The van der Waals surface area contributed by atoms with Gasteiger partial charge in [-0.3, -0.25) is 0 Å². The third kappa shape index (κ3) is 2.04. The fourth-order valence-electron chi connectivity index (χ4n) is 1.25. The lowest BCUT2D eigenvalue weighted by Gasteiger charge is -2.13. The molecule has 15 heavy (non-hydrogen) atoms. The molecule has 1 aromatic rings. The number of anilines is 1. The normalized spacial score (nSPS) is 17.1. The molecule has 3 N–H and O–H groups in total. The van der Waals surface area contributed by atoms with E-state index >= 15 is 0 Å². The number of nitrogens with zero attached hydrogens (tertiary/aromatic N) is 2. The number of nitrogens with one attached hydrogen (secondary N) is 1. The third-order valence-electron chi connectivity index (χ3n) is 2.41. The summed E-state index contributed by atoms with van der Waals surface area (Å²) in [4.78, 5) is 18.3. The van der Waals surface area contributed by atoms with Gasteiger partial charge < -0.3 is 15.5 Å². The number of aromatic carboxylic acids is 1. The maximum atomic E-state index is 10.6. The summed E-state index contributed by atoms with van der Waals surface area (Å²) in [5, 5.41) is 20.7. The number of aliphatic hydroxyl groups is 1. The number of hydrogen-bond acceptors (Lipinski definition) is 5. The first-order valence-corrected chi connectivity index (χ1v) is 4.61. The van der Waals surface area contributed by atoms with Gasteiger partial charge in [-0.1, -0.05) is 0 Å². The van der Waals surface area contributed by atoms with Crippen LogP contribution >= 0.6 is 0 Å². The molecule has 0 aromatic carbocycles. The zero-order valence-electron chi connectivity index (χ0n) is 7.97. The van der Waals surface area contributed by atoms with Crippen LogP contribution in [0.15, 0.2) is 12.3 Å². The van der Waals surface area contributed by atoms with Crippen molar-refractivity contribution in [2.75, 3.05) is 11.9 Å². The van der Waals surface area contributed by atoms with Crippen LogP contribution in [0.5, 0.6) is 0 Å². The summed E-state index contributed by atoms with van der Waals surface area (Å²) in [6.45, 7) is 0.00760. The molecule has 1 aliphatic carbocycles. The van der Waals surface area contributed by atoms with E-state index in [2.05, 4.69) is 15.3 Å². The van der Waals surface area contributed by atoms with Crippen molar-refractivity contribution >= 4 is 11.9 Å². The van der Waals surface area contributed by atoms with Gasteiger partial charge in [-0.05, 0) is 18.9 Å². The largest absolute Gasteiger partial charge is 0.477 e. The van der Waals surface area contributed by atoms with E-state index in [1.807, 2.05) is 0 Å². The van der Waals surface area contributed by atoms with Crippen molar-refractivity contribution in [2.24, 2.45) is 0 Å². The Balaban J connectivity index is 2.15. The minimum Gasteiger partial charge on any atom is -0.477 e. The van der Waals surface area contributed by atoms with Gasteiger partial charge in [0.05, 0.1) is 12.1 Å². The predicted octanol–water partition coefficient (Wildman–Crippen LogP) is 0.112. The lowest BCUT2D eigenvalue weighted by molar-refractivity contribution is 0.0690. The van der Waals surface area contributed by atoms with Gasteiger partial charge >= 0.3 is 5.97 Å². The summed E-state index contributed by atoms with van der Waals surface area (Å²) in [7, 11) is 0. The van der Waals surface area contributed by atoms with Gasteiger partial charge in [-0.25, -0.2) is 14.8 Å². The summed E-state index contributed by atoms with van der Waals surface area (Å²) < 4.78 is 0. The van der Waals surface area contributed by atoms with Crippen molar-refractivity contribution in [1.82, 2.24) is 9.97 Å². The Morgan fingerprint density at radius 2 is 2.33 bits per heavy atom. The number of aliphatic hydroxyl groups excluding tert-OH is 1. The Bertz CT molecular complexity index is 390. The van der Waals surface area contributed by atoms with Crippen LogP contribution < -0.4 is 5.32 Å². The molecule has 1 aromatic heterocycles. The molecule has 2 rings (SSSR count). The van der Waals surface area contributed by atoms with E-state index in [1.165, 1.54) is 12.3 Å². The summed E-state index contributed by atoms with van der Waals surface area (Å²) in [6.07, 6.45) is 3.08. The smallest absolute Gasteiger partial charge is 0.354 e. The van der Waals surface area contributed by atoms with Crippen LogP contribution in [0.4, 0.5) is 5.95 Å². The number of aromatic nitrogens is 2. The molecule has 0 aliphatic heterocycles. The van der Waals surface area contributed by atoms with Crippen LogP contribution in [0, 0.1) is 0 Å². The molecule has 0 unspecified atom stereocenters. The zero-order chi connectivity index (χ0) is 10.9. The topological polar surface area (TPSA) is 95.3 Å². The minimum absolute atomic E-state index is 0.00760. The number of hydrogen-bond donors (Lipinski definition) is 3. The van der Waals surface area contributed by atoms with Gasteiger partial charge in [0.25, 0.3) is 0 Å². The lowest BCUT2D eigenvalue weighted by atomic mass is 10.3. The first-order valence-electron chi connectivity index (χ1n) is 4.61. The molecule has 1 fully saturated rings. The fraction of sp³-hybridized carbons (Fsp3) is 0.444. The van der Waals surface area contributed by atoms with Gasteiger partial charge in [-0.2, -0.15) is 0 Å². The highest BCUT2D eigenvalue weighted by atomic mass is 16.4. The highest BCUT2D eigenvalue weighted by molar-refractivity contribution is 5.85. The quantitative estimate of drug-likeness (QED) is 0.651. The lowest BCUT2D eigenvalue weighted by Crippen LogP contribution is -2.27. The second-order valence-corrected chi connectivity index (χ2v) is 3.63. The molecular formula is C9H11N3O3. The molecule has 6 heteroatoms. The maximum absolute atomic E-state index is 10.6. The van der Waals surface area contributed by atoms with E-state index in [0.29, 0.717) is 0 Å². The minimum atomic E-state index is -1.09. The first kappa shape index (κ1) is 9.85. The van der Waals surface area contributed by atoms with Crippen molar-refractivity contribution < 1.29 is 15.0 Å². The Hall–Kier alpha value is -1.69. The van der Waals surface area contributed by atoms with Crippen LogP contribution in [0.1, 0.15) is 23.3 Å². The molecule has 6 nitrogen and oxygen atoms in total. The summed E-state index contributed by atoms with van der Waals surface area (Å²) in [6, 6.07) is 1.33. The Morgan fingerprint density at radius 1 is 1.60 bits per heavy atom. The monoisotopic (exact) mass is 209 g/mol. The van der Waals surface area contributed by atoms with Crippen LogP contribution in [-0.4, -0.2) is 38.3 Å². The zero-order valence-corrected chi connectivity index (χ0v) is 7.97. The van der Waals surface area contributed by atoms with Crippen molar-refractivity contribution in [2.45, 2.75) is 18.4 Å². The molecule has 0 amide bonds. The van der Waals surface area contributed by atoms with E-state index in [4.69, 9.17) is 10.2 Å². The van der Waals surface area contributed by atoms with E-state index in [-0.39, 0.29) is 23.8 Å². The molecule has 0 saturated heterocycles. The van der Waals surface area contributed by atoms with Gasteiger partial charge in [0, 0.05) is 6.20 Å². The fourth-order valence-corrected chi connectivity index (χ4v) is 1.25. The standard InChI is InChI=1S/C9H11N3O3/c13-5-9(2-3-9)12-8-10-4-1-6(11-8)7(14)15/h1,4,13H,2-3,5H2,(H,14,15)(H,10,11,12). The second-order valence-electron chi connectivity index (χ2n) is 3.63. The number of carboxylic acid groups (broad SMARTS) is 1. The molecule has 0 spiro atoms. The molecule has 1 heterocycles. The van der Waals surface area contributed by atoms with Crippen LogP contribution in [0.25, 0.3) is 0 Å². The molecule has 1 saturated carbocycles. The molecule has 0 atom stereocenters. The molecule has 0 bridgehead atoms. The van der Waals surface area contributed by atoms with Gasteiger partial charge in [0.15, 0.2) is 5.69 Å². The van der Waals surface area contributed by atoms with Crippen LogP contribution in [0.3, 0.4) is 0 Å². The van der Waals surface area contributed by atoms with Crippen LogP contribution in [-0.2, 0) is 0 Å². The van der Waals surface area contributed by atoms with Crippen LogP contribution in [0.2, 0.25) is 0 Å². The molecule has 0 radical (unpaired) electrons. The van der Waals surface area contributed by atoms with E-state index in [1.54, 1.807) is 0 Å². The predicted molar refractivity (Wildman–Crippen MR) is 51.7 cm³/mol. The average Bonchev–Trinajstić information content (AvgIpc) is 2.99. The van der Waals surface area contributed by atoms with Crippen molar-refractivity contribution in [3.8, 4) is 0 Å². The number of carboxylic acids is 1. The third-order valence-corrected chi connectivity index (χ3v) is 2.41. The molecular weight excluding hydrogens is 198 g/mol. The van der Waals surface area contributed by atoms with E-state index in [0.717, 1.165) is 12.8 Å². The summed E-state index contributed by atoms with van der Waals surface area (Å²) in [5.41, 5.74) is -0.391. The molecule has 1 aliphatic rings. The Morgan fingerprint density at radius 3 is 2.87 bits per heavy atom. The average molecular weight is 209 g/mol. The van der Waals surface area contributed by atoms with Gasteiger partial charge in [0.2, 0.25) is 5.95 Å². The SMILES string of the molecule is O=C(O)c1ccnc(NC2(CO)CC2)n1. The second kappa shape index (κ2) is 3.47. The van der Waals surface area contributed by atoms with Gasteiger partial charge in [0.1, 0.15) is 0 Å². The van der Waals surface area contributed by atoms with E-state index in [9.17, 15) is 4.79 Å². The van der Waals surface area contributed by atoms with Crippen molar-refractivity contribution in [1.29, 1.82) is 0 Å². The number of rotatable bonds is 4. The van der Waals surface area contributed by atoms with E-state index < -0.39 is 5.97 Å². The van der Waals surface area contributed by atoms with Gasteiger partial charge in [-0.15, -0.1) is 0 Å². The summed E-state index contributed by atoms with van der Waals surface area (Å²) >= 11 is 0. The maximum Gasteiger partial charge on any atom is 0.354 e. The Labute approximate surface area is 86.0 Å². The first-order chi connectivity index (χ1) is 7.15. The highest BCUT2D eigenvalue weighted by Gasteiger charge is 2.42. The number of carbonyl (C=O) groups is 1.